The van der Waals surface area contributed by atoms with E-state index in [1.165, 1.54) is 6.07 Å². The zero-order valence-electron chi connectivity index (χ0n) is 16.4. The van der Waals surface area contributed by atoms with Crippen molar-refractivity contribution >= 4 is 40.9 Å². The number of nitrogens with zero attached hydrogens (tertiary/aromatic N) is 2. The number of urea groups is 1. The van der Waals surface area contributed by atoms with Crippen molar-refractivity contribution in [3.05, 3.63) is 56.8 Å². The van der Waals surface area contributed by atoms with Gasteiger partial charge in [0.2, 0.25) is 0 Å². The molecule has 152 valence electrons. The van der Waals surface area contributed by atoms with Gasteiger partial charge in [-0.15, -0.1) is 0 Å². The molecule has 1 atom stereocenters. The fourth-order valence-electron chi connectivity index (χ4n) is 4.10. The summed E-state index contributed by atoms with van der Waals surface area (Å²) in [4.78, 5) is 39.6. The Morgan fingerprint density at radius 1 is 1.21 bits per heavy atom. The largest absolute Gasteiger partial charge is 0.345 e. The quantitative estimate of drug-likeness (QED) is 0.560. The molecule has 0 bridgehead atoms. The van der Waals surface area contributed by atoms with E-state index in [0.29, 0.717) is 22.2 Å². The van der Waals surface area contributed by atoms with Gasteiger partial charge in [-0.1, -0.05) is 29.3 Å². The number of amides is 3. The Bertz CT molecular complexity index is 1060. The molecular formula is C21H21Cl2N3O3. The minimum Gasteiger partial charge on any atom is -0.345 e. The number of nitrogens with one attached hydrogen (secondary N) is 1. The van der Waals surface area contributed by atoms with Crippen LogP contribution in [0.25, 0.3) is 0 Å². The molecule has 1 saturated carbocycles. The van der Waals surface area contributed by atoms with Crippen molar-refractivity contribution < 1.29 is 14.4 Å². The summed E-state index contributed by atoms with van der Waals surface area (Å²) >= 11 is 12.2. The summed E-state index contributed by atoms with van der Waals surface area (Å²) in [5.74, 6) is -0.781. The zero-order chi connectivity index (χ0) is 21.1. The maximum atomic E-state index is 13.1. The van der Waals surface area contributed by atoms with Gasteiger partial charge in [0.1, 0.15) is 5.54 Å². The normalized spacial score (nSPS) is 21.6. The fourth-order valence-corrected chi connectivity index (χ4v) is 4.70. The number of Topliss-reactive ketones (excluding diaryl/α,β-unsaturated/α-hetero) is 1. The van der Waals surface area contributed by atoms with Gasteiger partial charge in [-0.05, 0) is 51.8 Å². The summed E-state index contributed by atoms with van der Waals surface area (Å²) in [7, 11) is 0. The molecule has 0 spiro atoms. The molecule has 2 heterocycles. The Morgan fingerprint density at radius 3 is 2.52 bits per heavy atom. The van der Waals surface area contributed by atoms with Crippen LogP contribution in [-0.4, -0.2) is 33.7 Å². The van der Waals surface area contributed by atoms with Crippen LogP contribution in [-0.2, 0) is 10.3 Å². The predicted molar refractivity (Wildman–Crippen MR) is 111 cm³/mol. The Labute approximate surface area is 178 Å². The molecule has 1 aromatic heterocycles. The standard InChI is InChI=1S/C21H21Cl2N3O3/c1-11-8-15(12(2)26(11)14-5-6-14)18(27)10-25-19(28)21(3,24-20(25)29)16-7-4-13(22)9-17(16)23/h4,7-9,14H,5-6,10H2,1-3H3,(H,24,29). The summed E-state index contributed by atoms with van der Waals surface area (Å²) < 4.78 is 2.16. The molecule has 1 N–H and O–H groups in total. The maximum absolute atomic E-state index is 13.1. The minimum absolute atomic E-state index is 0.264. The van der Waals surface area contributed by atoms with Crippen LogP contribution in [0.2, 0.25) is 10.0 Å². The van der Waals surface area contributed by atoms with E-state index in [4.69, 9.17) is 23.2 Å². The van der Waals surface area contributed by atoms with E-state index in [1.807, 2.05) is 19.9 Å². The SMILES string of the molecule is Cc1cc(C(=O)CN2C(=O)NC(C)(c3ccc(Cl)cc3Cl)C2=O)c(C)n1C1CC1. The van der Waals surface area contributed by atoms with E-state index in [9.17, 15) is 14.4 Å². The van der Waals surface area contributed by atoms with Crippen LogP contribution in [0.15, 0.2) is 24.3 Å². The molecule has 29 heavy (non-hydrogen) atoms. The lowest BCUT2D eigenvalue weighted by molar-refractivity contribution is -0.130. The number of rotatable bonds is 5. The molecule has 4 rings (SSSR count). The Kier molecular flexibility index (Phi) is 4.74. The van der Waals surface area contributed by atoms with Crippen LogP contribution >= 0.6 is 23.2 Å². The predicted octanol–water partition coefficient (Wildman–Crippen LogP) is 4.40. The molecule has 8 heteroatoms. The molecule has 1 aliphatic carbocycles. The molecule has 2 aliphatic rings. The smallest absolute Gasteiger partial charge is 0.325 e. The number of aromatic nitrogens is 1. The van der Waals surface area contributed by atoms with Gasteiger partial charge in [-0.25, -0.2) is 4.79 Å². The summed E-state index contributed by atoms with van der Waals surface area (Å²) in [5, 5.41) is 3.38. The van der Waals surface area contributed by atoms with Crippen molar-refractivity contribution in [3.8, 4) is 0 Å². The number of imide groups is 1. The molecule has 1 aliphatic heterocycles. The van der Waals surface area contributed by atoms with E-state index >= 15 is 0 Å². The highest BCUT2D eigenvalue weighted by molar-refractivity contribution is 6.35. The molecular weight excluding hydrogens is 413 g/mol. The first-order valence-electron chi connectivity index (χ1n) is 9.44. The van der Waals surface area contributed by atoms with E-state index < -0.39 is 17.5 Å². The first kappa shape index (κ1) is 20.0. The average molecular weight is 434 g/mol. The van der Waals surface area contributed by atoms with Gasteiger partial charge in [0, 0.05) is 38.6 Å². The van der Waals surface area contributed by atoms with E-state index in [2.05, 4.69) is 9.88 Å². The Balaban J connectivity index is 1.60. The van der Waals surface area contributed by atoms with Crippen molar-refractivity contribution in [2.75, 3.05) is 6.54 Å². The molecule has 6 nitrogen and oxygen atoms in total. The van der Waals surface area contributed by atoms with Crippen molar-refractivity contribution in [3.63, 3.8) is 0 Å². The molecule has 1 saturated heterocycles. The second-order valence-corrected chi connectivity index (χ2v) is 8.72. The van der Waals surface area contributed by atoms with Crippen molar-refractivity contribution in [1.82, 2.24) is 14.8 Å². The number of hydrogen-bond acceptors (Lipinski definition) is 3. The average Bonchev–Trinajstić information content (AvgIpc) is 3.39. The number of hydrogen-bond donors (Lipinski definition) is 1. The van der Waals surface area contributed by atoms with Crippen molar-refractivity contribution in [2.24, 2.45) is 0 Å². The summed E-state index contributed by atoms with van der Waals surface area (Å²) in [6.07, 6.45) is 2.22. The molecule has 1 unspecified atom stereocenters. The van der Waals surface area contributed by atoms with Crippen LogP contribution < -0.4 is 5.32 Å². The Hall–Kier alpha value is -2.31. The third kappa shape index (κ3) is 3.24. The monoisotopic (exact) mass is 433 g/mol. The first-order valence-corrected chi connectivity index (χ1v) is 10.2. The molecule has 0 radical (unpaired) electrons. The summed E-state index contributed by atoms with van der Waals surface area (Å²) in [6.45, 7) is 5.13. The fraction of sp³-hybridized carbons (Fsp3) is 0.381. The number of halogens is 2. The third-order valence-corrected chi connectivity index (χ3v) is 6.29. The molecule has 3 amide bonds. The highest BCUT2D eigenvalue weighted by atomic mass is 35.5. The van der Waals surface area contributed by atoms with Crippen LogP contribution in [0, 0.1) is 13.8 Å². The van der Waals surface area contributed by atoms with Gasteiger partial charge in [0.25, 0.3) is 5.91 Å². The van der Waals surface area contributed by atoms with Crippen molar-refractivity contribution in [2.45, 2.75) is 45.2 Å². The van der Waals surface area contributed by atoms with Gasteiger partial charge in [0.05, 0.1) is 6.54 Å². The van der Waals surface area contributed by atoms with E-state index in [0.717, 1.165) is 29.1 Å². The van der Waals surface area contributed by atoms with E-state index in [1.54, 1.807) is 19.1 Å². The lowest BCUT2D eigenvalue weighted by Crippen LogP contribution is -2.41. The Morgan fingerprint density at radius 2 is 1.90 bits per heavy atom. The van der Waals surface area contributed by atoms with Gasteiger partial charge in [-0.2, -0.15) is 0 Å². The van der Waals surface area contributed by atoms with E-state index in [-0.39, 0.29) is 17.4 Å². The topological polar surface area (TPSA) is 71.4 Å². The maximum Gasteiger partial charge on any atom is 0.325 e. The van der Waals surface area contributed by atoms with Crippen LogP contribution in [0.5, 0.6) is 0 Å². The van der Waals surface area contributed by atoms with Gasteiger partial charge in [0.15, 0.2) is 5.78 Å². The highest BCUT2D eigenvalue weighted by Crippen LogP contribution is 2.39. The number of ketones is 1. The lowest BCUT2D eigenvalue weighted by Gasteiger charge is -2.23. The van der Waals surface area contributed by atoms with Crippen LogP contribution in [0.4, 0.5) is 4.79 Å². The molecule has 1 aromatic carbocycles. The van der Waals surface area contributed by atoms with Gasteiger partial charge in [-0.3, -0.25) is 14.5 Å². The summed E-state index contributed by atoms with van der Waals surface area (Å²) in [6, 6.07) is 6.40. The second-order valence-electron chi connectivity index (χ2n) is 7.88. The number of carbonyl (C=O) groups excluding carboxylic acids is 3. The lowest BCUT2D eigenvalue weighted by atomic mass is 9.92. The number of carbonyl (C=O) groups is 3. The summed E-state index contributed by atoms with van der Waals surface area (Å²) in [5.41, 5.74) is 1.52. The van der Waals surface area contributed by atoms with Crippen LogP contribution in [0.3, 0.4) is 0 Å². The number of benzene rings is 1. The van der Waals surface area contributed by atoms with Gasteiger partial charge < -0.3 is 9.88 Å². The molecule has 2 fully saturated rings. The van der Waals surface area contributed by atoms with Crippen LogP contribution in [0.1, 0.15) is 53.1 Å². The second kappa shape index (κ2) is 6.89. The number of aryl methyl sites for hydroxylation is 1. The van der Waals surface area contributed by atoms with Gasteiger partial charge >= 0.3 is 6.03 Å². The minimum atomic E-state index is -1.36. The third-order valence-electron chi connectivity index (χ3n) is 5.74. The first-order chi connectivity index (χ1) is 13.6. The highest BCUT2D eigenvalue weighted by Gasteiger charge is 2.50. The molecule has 2 aromatic rings. The zero-order valence-corrected chi connectivity index (χ0v) is 17.9. The van der Waals surface area contributed by atoms with Crippen molar-refractivity contribution in [1.29, 1.82) is 0 Å².